The summed E-state index contributed by atoms with van der Waals surface area (Å²) in [6.45, 7) is 26.8. The molecule has 2 aliphatic rings. The number of hydrogen-bond acceptors (Lipinski definition) is 31. The van der Waals surface area contributed by atoms with Crippen molar-refractivity contribution >= 4 is 273 Å². The van der Waals surface area contributed by atoms with Gasteiger partial charge < -0.3 is 48.0 Å². The van der Waals surface area contributed by atoms with Gasteiger partial charge in [-0.25, -0.2) is 32.4 Å². The highest BCUT2D eigenvalue weighted by atomic mass is 127. The molecule has 0 unspecified atom stereocenters. The zero-order valence-corrected chi connectivity index (χ0v) is 84.1. The lowest BCUT2D eigenvalue weighted by molar-refractivity contribution is -0.139. The molecular formula is C72H61B6Br4Cl3F21IN14O17. The van der Waals surface area contributed by atoms with Crippen molar-refractivity contribution in [3.8, 4) is 0 Å². The topological polar surface area (TPSA) is 409 Å². The summed E-state index contributed by atoms with van der Waals surface area (Å²) in [4.78, 5) is 0. The van der Waals surface area contributed by atoms with Crippen LogP contribution in [0.1, 0.15) is 133 Å². The van der Waals surface area contributed by atoms with Crippen molar-refractivity contribution in [3.63, 3.8) is 0 Å². The van der Waals surface area contributed by atoms with E-state index < -0.39 is 172 Å². The van der Waals surface area contributed by atoms with Crippen molar-refractivity contribution in [1.29, 1.82) is 0 Å². The number of benzene rings is 7. The van der Waals surface area contributed by atoms with Gasteiger partial charge in [0.25, 0.3) is 0 Å². The predicted molar refractivity (Wildman–Crippen MR) is 477 cm³/mol. The molecule has 0 saturated carbocycles. The van der Waals surface area contributed by atoms with Crippen molar-refractivity contribution in [2.24, 2.45) is 0 Å². The summed E-state index contributed by atoms with van der Waals surface area (Å²) >= 11 is 30.6. The molecule has 31 nitrogen and oxygen atoms in total. The second-order valence-electron chi connectivity index (χ2n) is 32.1. The molecule has 14 aromatic rings. The van der Waals surface area contributed by atoms with E-state index in [4.69, 9.17) is 77.4 Å². The van der Waals surface area contributed by atoms with Crippen LogP contribution in [0.3, 0.4) is 0 Å². The predicted octanol–water partition coefficient (Wildman–Crippen LogP) is 18.4. The Morgan fingerprint density at radius 2 is 0.551 bits per heavy atom. The van der Waals surface area contributed by atoms with Gasteiger partial charge in [0, 0.05) is 41.5 Å². The van der Waals surface area contributed by atoms with E-state index in [-0.39, 0.29) is 144 Å². The van der Waals surface area contributed by atoms with Crippen LogP contribution in [0.4, 0.5) is 92.2 Å². The lowest BCUT2D eigenvalue weighted by Crippen LogP contribution is -2.45. The molecule has 7 aromatic heterocycles. The van der Waals surface area contributed by atoms with Crippen molar-refractivity contribution < 1.29 is 173 Å². The van der Waals surface area contributed by atoms with Gasteiger partial charge >= 0.3 is 78.8 Å². The fourth-order valence-electron chi connectivity index (χ4n) is 14.4. The minimum Gasteiger partial charge on any atom is -0.423 e. The van der Waals surface area contributed by atoms with E-state index in [1.54, 1.807) is 63.9 Å². The van der Waals surface area contributed by atoms with Crippen LogP contribution in [-0.2, 0) is 71.2 Å². The monoisotopic (exact) mass is 2410 g/mol. The van der Waals surface area contributed by atoms with E-state index in [1.807, 2.05) is 27.7 Å². The summed E-state index contributed by atoms with van der Waals surface area (Å²) in [5.41, 5.74) is -11.9. The van der Waals surface area contributed by atoms with Gasteiger partial charge in [0.2, 0.25) is 0 Å². The second-order valence-corrected chi connectivity index (χ2v) is 37.5. The van der Waals surface area contributed by atoms with Gasteiger partial charge in [0.15, 0.2) is 45.3 Å². The highest BCUT2D eigenvalue weighted by Gasteiger charge is 2.59. The van der Waals surface area contributed by atoms with Crippen LogP contribution >= 0.6 is 121 Å². The van der Waals surface area contributed by atoms with E-state index in [9.17, 15) is 102 Å². The van der Waals surface area contributed by atoms with Crippen molar-refractivity contribution in [2.75, 3.05) is 14.2 Å². The Kier molecular flexibility index (Phi) is 33.0. The van der Waals surface area contributed by atoms with Gasteiger partial charge in [-0.3, -0.25) is 0 Å². The van der Waals surface area contributed by atoms with Crippen LogP contribution in [-0.4, -0.2) is 171 Å². The molecule has 0 aliphatic carbocycles. The lowest BCUT2D eigenvalue weighted by atomic mass is 9.47. The Morgan fingerprint density at radius 1 is 0.297 bits per heavy atom. The third kappa shape index (κ3) is 21.6. The Bertz CT molecular complexity index is 6530. The van der Waals surface area contributed by atoms with Crippen LogP contribution in [0.25, 0.3) is 77.2 Å². The van der Waals surface area contributed by atoms with Crippen molar-refractivity contribution in [3.05, 3.63) is 114 Å². The number of aromatic nitrogens is 14. The van der Waals surface area contributed by atoms with Gasteiger partial charge in [-0.2, -0.15) is 92.2 Å². The normalized spacial score (nSPS) is 15.0. The fraction of sp³-hybridized carbons (Fsp3) is 0.417. The van der Waals surface area contributed by atoms with Crippen molar-refractivity contribution in [1.82, 2.24) is 72.2 Å². The Morgan fingerprint density at radius 3 is 0.913 bits per heavy atom. The van der Waals surface area contributed by atoms with E-state index in [1.165, 1.54) is 55.8 Å². The van der Waals surface area contributed by atoms with Crippen LogP contribution in [0.15, 0.2) is 50.3 Å². The second kappa shape index (κ2) is 40.5. The maximum Gasteiger partial charge on any atom is 0.497 e. The number of alkyl halides is 21. The Balaban J connectivity index is 0.000000169. The molecule has 2 fully saturated rings. The number of rotatable bonds is 8. The first-order chi connectivity index (χ1) is 63.1. The smallest absolute Gasteiger partial charge is 0.423 e. The molecule has 2 saturated heterocycles. The third-order valence-corrected chi connectivity index (χ3v) is 28.1. The number of nitrogens with zero attached hydrogens (tertiary/aromatic N) is 14. The van der Waals surface area contributed by atoms with Crippen molar-refractivity contribution in [2.45, 2.75) is 183 Å². The molecule has 0 radical (unpaired) electrons. The first kappa shape index (κ1) is 112. The van der Waals surface area contributed by atoms with Gasteiger partial charge in [0.05, 0.1) is 97.9 Å². The quantitative estimate of drug-likeness (QED) is 0.0623. The summed E-state index contributed by atoms with van der Waals surface area (Å²) in [5, 5.41) is 84.6. The van der Waals surface area contributed by atoms with Gasteiger partial charge in [-0.1, -0.05) is 79.4 Å². The average molecular weight is 2410 g/mol. The molecule has 0 spiro atoms. The molecule has 16 rings (SSSR count). The summed E-state index contributed by atoms with van der Waals surface area (Å²) in [6, 6.07) is 0. The lowest BCUT2D eigenvalue weighted by Gasteiger charge is -2.32. The van der Waals surface area contributed by atoms with Crippen LogP contribution in [0.5, 0.6) is 0 Å². The van der Waals surface area contributed by atoms with Crippen LogP contribution < -0.4 is 32.8 Å². The van der Waals surface area contributed by atoms with E-state index >= 15 is 0 Å². The minimum atomic E-state index is -4.96. The molecule has 138 heavy (non-hydrogen) atoms. The minimum absolute atomic E-state index is 0.00190. The molecular weight excluding hydrogens is 2350 g/mol. The highest BCUT2D eigenvalue weighted by molar-refractivity contribution is 14.1. The number of halogens is 29. The fourth-order valence-corrected chi connectivity index (χ4v) is 18.6. The summed E-state index contributed by atoms with van der Waals surface area (Å²) in [7, 11) is -5.82. The van der Waals surface area contributed by atoms with E-state index in [0.29, 0.717) is 16.5 Å². The molecule has 2 aliphatic heterocycles. The SMILES string of the molecule is COB(OC)c1c(C(F)(F)F)c(C)c(B(C)C)c2nonc12.Cc1c(C(F)(F)F)c(B(O)O)c2nonc2c1B(O)O.Cc1c(C(F)(F)F)c(B2OC(C)(C)C(C)(C)O2)c2nonc2c1B1OC(C)(C)C(C)(C)O1.Cc1c(C(F)(F)F)c(Br)c2nonc2c1Br.Cc1c(C(F)(F)F)c(Cl)c2nonc2c1Br.Cc1c(C(F)(F)F)c(Cl)c2nonc2c1Cl.Cc1c(C(F)(F)F)c(I)c2nonc2c1Br. The maximum absolute atomic E-state index is 14.5. The Labute approximate surface area is 824 Å². The van der Waals surface area contributed by atoms with Gasteiger partial charge in [-0.15, -0.1) is 0 Å². The maximum atomic E-state index is 14.5. The summed E-state index contributed by atoms with van der Waals surface area (Å²) in [5.74, 6) is 0. The Hall–Kier alpha value is -7.62. The third-order valence-electron chi connectivity index (χ3n) is 22.2. The van der Waals surface area contributed by atoms with E-state index in [0.717, 1.165) is 6.92 Å². The van der Waals surface area contributed by atoms with Gasteiger partial charge in [-0.05, 0) is 276 Å². The molecule has 742 valence electrons. The average Bonchev–Trinajstić information content (AvgIpc) is 1.54. The standard InChI is InChI=1S/C20H27B2F3N2O5.C12H15B2F3N2O3.C8H7B2F3N2O5.C8H3Br2F3N2O.C8H3BrClF3N2O.C8H3BrF3IN2O.C8H3Cl2F3N2O/c1-10-11(20(23,24)25)13(22-30-18(6,7)19(8,9)31-22)15-14(26-32-27-15)12(10)21-28-16(2,3)17(4,5)29-21;1-6-7(12(15,16)17)9(14(20-4)21-5)11-10(18-22-19-11)8(6)13(2)3;1-2-3(8(11,12)13)5(10(18)19)7-6(14-20-15-7)4(2)9(16)17;2*1-2-3(8(11,12)13)5(10)7-6(4(2)9)14-16-15-7;1-2-3(8(10,11)12)5(13)7-6(4(2)9)14-16-15-7;1-2-3(8(11,12)13)5(10)7-6(4(2)9)14-16-15-7/h1-9H3;1-5H3;16-19H,1H3;4*1H3. The van der Waals surface area contributed by atoms with Gasteiger partial charge in [0.1, 0.15) is 38.6 Å². The molecule has 0 bridgehead atoms. The zero-order valence-electron chi connectivity index (χ0n) is 73.3. The molecule has 7 aromatic carbocycles. The summed E-state index contributed by atoms with van der Waals surface area (Å²) < 4.78 is 343. The zero-order chi connectivity index (χ0) is 104. The largest absolute Gasteiger partial charge is 0.497 e. The number of hydrogen-bond donors (Lipinski definition) is 4. The summed E-state index contributed by atoms with van der Waals surface area (Å²) in [6.07, 6.45) is -32.3. The number of fused-ring (bicyclic) bond motifs is 7. The highest BCUT2D eigenvalue weighted by Crippen LogP contribution is 2.50. The molecule has 9 heterocycles. The molecule has 66 heteroatoms. The van der Waals surface area contributed by atoms with Crippen LogP contribution in [0.2, 0.25) is 28.7 Å². The van der Waals surface area contributed by atoms with Crippen LogP contribution in [0, 0.1) is 52.0 Å². The first-order valence-corrected chi connectivity index (χ1v) is 43.8. The molecule has 0 atom stereocenters. The molecule has 0 amide bonds. The van der Waals surface area contributed by atoms with E-state index in [2.05, 4.69) is 164 Å². The molecule has 4 N–H and O–H groups in total. The first-order valence-electron chi connectivity index (χ1n) is 38.4.